The number of amides is 2. The molecule has 4 aromatic rings. The standard InChI is InChI=1S/C52H64N4O8/c1-59-45-35-43(36-46(60-2)51(45)63-5)23-13-15-25-49(57)55(39-41-19-9-7-10-20-41)29-17-27-53-31-33-54(34-32-53)28-18-30-56(40-42-21-11-8-12-22-42)50(58)26-16-14-24-44-37-47(61-3)52(64-6)48(38-44)62-4/h7-16,19-26,35-38H,17-18,27-34,39-40H2,1-6H3. The SMILES string of the molecule is COc1cc(C=CC=CC(=O)N(CCCN2CCN(CCCN(Cc3ccccc3)C(=O)C=CC=Cc3cc(OC)c(OC)c(OC)c3)CC2)Cc2ccccc2)cc(OC)c1OC. The predicted octanol–water partition coefficient (Wildman–Crippen LogP) is 8.03. The summed E-state index contributed by atoms with van der Waals surface area (Å²) in [5.74, 6) is 3.25. The first kappa shape index (κ1) is 48.5. The Morgan fingerprint density at radius 1 is 0.500 bits per heavy atom. The maximum atomic E-state index is 13.5. The van der Waals surface area contributed by atoms with Gasteiger partial charge in [0, 0.05) is 64.5 Å². The van der Waals surface area contributed by atoms with Crippen LogP contribution in [0.3, 0.4) is 0 Å². The number of nitrogens with zero attached hydrogens (tertiary/aromatic N) is 4. The van der Waals surface area contributed by atoms with Crippen LogP contribution in [0.4, 0.5) is 0 Å². The van der Waals surface area contributed by atoms with Crippen LogP contribution in [-0.4, -0.2) is 126 Å². The molecule has 1 heterocycles. The van der Waals surface area contributed by atoms with Crippen LogP contribution in [0.25, 0.3) is 12.2 Å². The average Bonchev–Trinajstić information content (AvgIpc) is 3.33. The molecule has 0 N–H and O–H groups in total. The molecule has 1 aliphatic heterocycles. The van der Waals surface area contributed by atoms with Gasteiger partial charge in [-0.2, -0.15) is 0 Å². The van der Waals surface area contributed by atoms with Gasteiger partial charge in [-0.05, 0) is 72.5 Å². The molecule has 64 heavy (non-hydrogen) atoms. The van der Waals surface area contributed by atoms with Crippen molar-refractivity contribution in [1.82, 2.24) is 19.6 Å². The molecule has 12 heteroatoms. The Kier molecular flexibility index (Phi) is 19.9. The Morgan fingerprint density at radius 3 is 1.16 bits per heavy atom. The zero-order valence-electron chi connectivity index (χ0n) is 38.2. The summed E-state index contributed by atoms with van der Waals surface area (Å²) in [5, 5.41) is 0. The van der Waals surface area contributed by atoms with Crippen LogP contribution in [0.5, 0.6) is 34.5 Å². The second-order valence-corrected chi connectivity index (χ2v) is 15.2. The van der Waals surface area contributed by atoms with Crippen molar-refractivity contribution in [2.45, 2.75) is 25.9 Å². The number of ether oxygens (including phenoxy) is 6. The molecule has 340 valence electrons. The van der Waals surface area contributed by atoms with Crippen molar-refractivity contribution in [3.8, 4) is 34.5 Å². The molecule has 0 spiro atoms. The smallest absolute Gasteiger partial charge is 0.246 e. The molecule has 4 aromatic carbocycles. The topological polar surface area (TPSA) is 102 Å². The first-order valence-electron chi connectivity index (χ1n) is 21.7. The van der Waals surface area contributed by atoms with Gasteiger partial charge in [-0.1, -0.05) is 97.1 Å². The highest BCUT2D eigenvalue weighted by Crippen LogP contribution is 2.39. The Hall–Kier alpha value is -6.50. The van der Waals surface area contributed by atoms with E-state index in [0.29, 0.717) is 60.7 Å². The van der Waals surface area contributed by atoms with Crippen molar-refractivity contribution < 1.29 is 38.0 Å². The predicted molar refractivity (Wildman–Crippen MR) is 254 cm³/mol. The van der Waals surface area contributed by atoms with E-state index in [0.717, 1.165) is 74.4 Å². The molecule has 0 saturated carbocycles. The number of carbonyl (C=O) groups excluding carboxylic acids is 2. The highest BCUT2D eigenvalue weighted by atomic mass is 16.5. The molecule has 5 rings (SSSR count). The second-order valence-electron chi connectivity index (χ2n) is 15.2. The molecule has 0 aromatic heterocycles. The first-order chi connectivity index (χ1) is 31.3. The van der Waals surface area contributed by atoms with Crippen LogP contribution < -0.4 is 28.4 Å². The molecular formula is C52H64N4O8. The maximum absolute atomic E-state index is 13.5. The van der Waals surface area contributed by atoms with Crippen LogP contribution in [-0.2, 0) is 22.7 Å². The molecule has 1 fully saturated rings. The lowest BCUT2D eigenvalue weighted by Gasteiger charge is -2.35. The average molecular weight is 873 g/mol. The quantitative estimate of drug-likeness (QED) is 0.0508. The summed E-state index contributed by atoms with van der Waals surface area (Å²) in [6.45, 7) is 8.06. The summed E-state index contributed by atoms with van der Waals surface area (Å²) < 4.78 is 32.8. The fourth-order valence-corrected chi connectivity index (χ4v) is 7.56. The highest BCUT2D eigenvalue weighted by molar-refractivity contribution is 5.88. The van der Waals surface area contributed by atoms with E-state index in [4.69, 9.17) is 28.4 Å². The molecule has 0 bridgehead atoms. The Morgan fingerprint density at radius 2 is 0.844 bits per heavy atom. The maximum Gasteiger partial charge on any atom is 0.246 e. The van der Waals surface area contributed by atoms with E-state index < -0.39 is 0 Å². The van der Waals surface area contributed by atoms with Gasteiger partial charge in [-0.3, -0.25) is 9.59 Å². The largest absolute Gasteiger partial charge is 0.493 e. The molecule has 0 radical (unpaired) electrons. The lowest BCUT2D eigenvalue weighted by Crippen LogP contribution is -2.47. The molecule has 0 aliphatic carbocycles. The molecule has 1 saturated heterocycles. The summed E-state index contributed by atoms with van der Waals surface area (Å²) >= 11 is 0. The Labute approximate surface area is 379 Å². The van der Waals surface area contributed by atoms with Gasteiger partial charge in [0.1, 0.15) is 0 Å². The van der Waals surface area contributed by atoms with Crippen LogP contribution in [0, 0.1) is 0 Å². The van der Waals surface area contributed by atoms with Crippen LogP contribution in [0.2, 0.25) is 0 Å². The molecule has 12 nitrogen and oxygen atoms in total. The van der Waals surface area contributed by atoms with Crippen molar-refractivity contribution in [1.29, 1.82) is 0 Å². The monoisotopic (exact) mass is 872 g/mol. The van der Waals surface area contributed by atoms with Gasteiger partial charge in [0.2, 0.25) is 23.3 Å². The third-order valence-electron chi connectivity index (χ3n) is 11.0. The van der Waals surface area contributed by atoms with Gasteiger partial charge in [0.15, 0.2) is 23.0 Å². The number of carbonyl (C=O) groups is 2. The fraction of sp³-hybridized carbons (Fsp3) is 0.346. The molecule has 0 atom stereocenters. The van der Waals surface area contributed by atoms with E-state index in [1.807, 2.05) is 94.8 Å². The Balaban J connectivity index is 1.10. The number of allylic oxidation sites excluding steroid dienone is 4. The minimum absolute atomic E-state index is 0.0365. The second kappa shape index (κ2) is 26.2. The number of benzene rings is 4. The number of methoxy groups -OCH3 is 6. The van der Waals surface area contributed by atoms with Gasteiger partial charge in [0.05, 0.1) is 42.7 Å². The number of hydrogen-bond acceptors (Lipinski definition) is 10. The van der Waals surface area contributed by atoms with Crippen molar-refractivity contribution in [2.75, 3.05) is 95.0 Å². The van der Waals surface area contributed by atoms with Crippen molar-refractivity contribution in [3.05, 3.63) is 144 Å². The third kappa shape index (κ3) is 14.8. The van der Waals surface area contributed by atoms with Crippen molar-refractivity contribution in [2.24, 2.45) is 0 Å². The van der Waals surface area contributed by atoms with E-state index in [1.54, 1.807) is 67.0 Å². The molecule has 0 unspecified atom stereocenters. The zero-order chi connectivity index (χ0) is 45.5. The summed E-state index contributed by atoms with van der Waals surface area (Å²) in [6, 6.07) is 27.7. The van der Waals surface area contributed by atoms with Crippen LogP contribution >= 0.6 is 0 Å². The summed E-state index contributed by atoms with van der Waals surface area (Å²) in [5.41, 5.74) is 3.90. The Bertz CT molecular complexity index is 1980. The van der Waals surface area contributed by atoms with E-state index >= 15 is 0 Å². The number of hydrogen-bond donors (Lipinski definition) is 0. The van der Waals surface area contributed by atoms with E-state index in [-0.39, 0.29) is 11.8 Å². The van der Waals surface area contributed by atoms with Gasteiger partial charge in [-0.25, -0.2) is 0 Å². The summed E-state index contributed by atoms with van der Waals surface area (Å²) in [4.78, 5) is 35.9. The first-order valence-corrected chi connectivity index (χ1v) is 21.7. The highest BCUT2D eigenvalue weighted by Gasteiger charge is 2.19. The van der Waals surface area contributed by atoms with E-state index in [1.165, 1.54) is 0 Å². The third-order valence-corrected chi connectivity index (χ3v) is 11.0. The lowest BCUT2D eigenvalue weighted by atomic mass is 10.1. The molecular weight excluding hydrogens is 809 g/mol. The summed E-state index contributed by atoms with van der Waals surface area (Å²) in [7, 11) is 9.49. The molecule has 1 aliphatic rings. The number of piperazine rings is 1. The van der Waals surface area contributed by atoms with Gasteiger partial charge in [-0.15, -0.1) is 0 Å². The van der Waals surface area contributed by atoms with Crippen LogP contribution in [0.1, 0.15) is 35.1 Å². The fourth-order valence-electron chi connectivity index (χ4n) is 7.56. The lowest BCUT2D eigenvalue weighted by molar-refractivity contribution is -0.127. The van der Waals surface area contributed by atoms with Crippen molar-refractivity contribution in [3.63, 3.8) is 0 Å². The number of rotatable bonds is 24. The van der Waals surface area contributed by atoms with E-state index in [2.05, 4.69) is 34.1 Å². The molecule has 2 amide bonds. The zero-order valence-corrected chi connectivity index (χ0v) is 38.2. The van der Waals surface area contributed by atoms with Gasteiger partial charge < -0.3 is 48.0 Å². The van der Waals surface area contributed by atoms with E-state index in [9.17, 15) is 9.59 Å². The summed E-state index contributed by atoms with van der Waals surface area (Å²) in [6.07, 6.45) is 16.0. The van der Waals surface area contributed by atoms with Gasteiger partial charge >= 0.3 is 0 Å². The van der Waals surface area contributed by atoms with Gasteiger partial charge in [0.25, 0.3) is 0 Å². The van der Waals surface area contributed by atoms with Crippen molar-refractivity contribution >= 4 is 24.0 Å². The minimum Gasteiger partial charge on any atom is -0.493 e. The van der Waals surface area contributed by atoms with Crippen LogP contribution in [0.15, 0.2) is 121 Å². The minimum atomic E-state index is -0.0365. The normalized spacial score (nSPS) is 13.5.